The predicted molar refractivity (Wildman–Crippen MR) is 92.0 cm³/mol. The van der Waals surface area contributed by atoms with E-state index in [4.69, 9.17) is 0 Å². The molecule has 0 saturated heterocycles. The Morgan fingerprint density at radius 3 is 2.71 bits per heavy atom. The Morgan fingerprint density at radius 2 is 2.00 bits per heavy atom. The monoisotopic (exact) mass is 296 g/mol. The van der Waals surface area contributed by atoms with Crippen LogP contribution in [-0.2, 0) is 0 Å². The molecule has 0 atom stereocenters. The number of rotatable bonds is 4. The maximum atomic E-state index is 12.3. The van der Waals surface area contributed by atoms with Gasteiger partial charge in [0.2, 0.25) is 0 Å². The first-order valence-electron chi connectivity index (χ1n) is 7.11. The van der Waals surface area contributed by atoms with Gasteiger partial charge in [-0.2, -0.15) is 0 Å². The molecule has 0 N–H and O–H groups in total. The van der Waals surface area contributed by atoms with Crippen molar-refractivity contribution in [2.75, 3.05) is 0 Å². The lowest BCUT2D eigenvalue weighted by Crippen LogP contribution is -2.00. The first-order chi connectivity index (χ1) is 10.1. The summed E-state index contributed by atoms with van der Waals surface area (Å²) < 4.78 is 0. The van der Waals surface area contributed by atoms with Gasteiger partial charge in [-0.05, 0) is 67.7 Å². The topological polar surface area (TPSA) is 17.1 Å². The number of hydrogen-bond donors (Lipinski definition) is 1. The number of benzene rings is 1. The molecule has 108 valence electrons. The smallest absolute Gasteiger partial charge is 0.188 e. The first kappa shape index (κ1) is 15.6. The van der Waals surface area contributed by atoms with Crippen molar-refractivity contribution in [1.82, 2.24) is 0 Å². The molecule has 0 aromatic heterocycles. The van der Waals surface area contributed by atoms with Crippen LogP contribution in [0.5, 0.6) is 0 Å². The molecule has 0 aliphatic heterocycles. The Morgan fingerprint density at radius 1 is 1.29 bits per heavy atom. The molecule has 0 spiro atoms. The maximum Gasteiger partial charge on any atom is 0.188 e. The molecule has 0 amide bonds. The molecule has 2 rings (SSSR count). The van der Waals surface area contributed by atoms with Crippen LogP contribution >= 0.6 is 12.6 Å². The maximum absolute atomic E-state index is 12.3. The molecule has 1 nitrogen and oxygen atoms in total. The van der Waals surface area contributed by atoms with Gasteiger partial charge in [0, 0.05) is 10.5 Å². The largest absolute Gasteiger partial charge is 0.289 e. The second-order valence-corrected chi connectivity index (χ2v) is 5.73. The van der Waals surface area contributed by atoms with Gasteiger partial charge in [0.25, 0.3) is 0 Å². The molecule has 0 bridgehead atoms. The zero-order valence-electron chi connectivity index (χ0n) is 12.5. The van der Waals surface area contributed by atoms with E-state index in [1.165, 1.54) is 11.1 Å². The average molecular weight is 296 g/mol. The van der Waals surface area contributed by atoms with Crippen LogP contribution in [0, 0.1) is 0 Å². The highest BCUT2D eigenvalue weighted by molar-refractivity contribution is 7.80. The molecular weight excluding hydrogens is 276 g/mol. The molecule has 0 unspecified atom stereocenters. The number of thiol groups is 1. The molecule has 1 aromatic rings. The summed E-state index contributed by atoms with van der Waals surface area (Å²) in [6.07, 6.45) is 12.3. The SMILES string of the molecule is CC(=CCC1=CCC=CC=C1C)C(=O)c1ccc(S)cc1. The van der Waals surface area contributed by atoms with Gasteiger partial charge in [-0.15, -0.1) is 12.6 Å². The molecule has 21 heavy (non-hydrogen) atoms. The van der Waals surface area contributed by atoms with E-state index in [1.807, 2.05) is 37.3 Å². The Labute approximate surface area is 132 Å². The summed E-state index contributed by atoms with van der Waals surface area (Å²) in [5, 5.41) is 0. The van der Waals surface area contributed by atoms with Crippen molar-refractivity contribution in [2.45, 2.75) is 31.6 Å². The third-order valence-electron chi connectivity index (χ3n) is 3.60. The second kappa shape index (κ2) is 7.28. The molecule has 0 saturated carbocycles. The van der Waals surface area contributed by atoms with Gasteiger partial charge in [-0.3, -0.25) is 4.79 Å². The second-order valence-electron chi connectivity index (χ2n) is 5.21. The van der Waals surface area contributed by atoms with Crippen molar-refractivity contribution in [1.29, 1.82) is 0 Å². The summed E-state index contributed by atoms with van der Waals surface area (Å²) in [5.74, 6) is 0.0808. The minimum Gasteiger partial charge on any atom is -0.289 e. The number of hydrogen-bond acceptors (Lipinski definition) is 2. The highest BCUT2D eigenvalue weighted by atomic mass is 32.1. The molecule has 0 radical (unpaired) electrons. The number of Topliss-reactive ketones (excluding diaryl/α,β-unsaturated/α-hetero) is 1. The standard InChI is InChI=1S/C19H20OS/c1-14-6-4-3-5-7-16(14)9-8-15(2)19(20)17-10-12-18(21)13-11-17/h3-4,6-8,10-13,21H,5,9H2,1-2H3. The Balaban J connectivity index is 2.09. The van der Waals surface area contributed by atoms with Gasteiger partial charge in [0.1, 0.15) is 0 Å². The first-order valence-corrected chi connectivity index (χ1v) is 7.56. The van der Waals surface area contributed by atoms with E-state index >= 15 is 0 Å². The third-order valence-corrected chi connectivity index (χ3v) is 3.90. The van der Waals surface area contributed by atoms with Crippen LogP contribution in [0.25, 0.3) is 0 Å². The summed E-state index contributed by atoms with van der Waals surface area (Å²) in [7, 11) is 0. The fourth-order valence-corrected chi connectivity index (χ4v) is 2.36. The van der Waals surface area contributed by atoms with Crippen molar-refractivity contribution in [3.8, 4) is 0 Å². The van der Waals surface area contributed by atoms with Crippen LogP contribution in [0.1, 0.15) is 37.0 Å². The van der Waals surface area contributed by atoms with Crippen molar-refractivity contribution in [3.05, 3.63) is 76.9 Å². The quantitative estimate of drug-likeness (QED) is 0.451. The van der Waals surface area contributed by atoms with E-state index in [0.29, 0.717) is 5.56 Å². The summed E-state index contributed by atoms with van der Waals surface area (Å²) in [5.41, 5.74) is 4.05. The summed E-state index contributed by atoms with van der Waals surface area (Å²) in [6, 6.07) is 7.33. The van der Waals surface area contributed by atoms with E-state index in [-0.39, 0.29) is 5.78 Å². The molecule has 1 aliphatic rings. The van der Waals surface area contributed by atoms with E-state index in [1.54, 1.807) is 0 Å². The van der Waals surface area contributed by atoms with Crippen molar-refractivity contribution in [3.63, 3.8) is 0 Å². The number of allylic oxidation sites excluding steroid dienone is 8. The minimum absolute atomic E-state index is 0.0808. The summed E-state index contributed by atoms with van der Waals surface area (Å²) in [4.78, 5) is 13.2. The third kappa shape index (κ3) is 4.33. The van der Waals surface area contributed by atoms with Crippen LogP contribution in [-0.4, -0.2) is 5.78 Å². The van der Waals surface area contributed by atoms with Gasteiger partial charge in [-0.25, -0.2) is 0 Å². The van der Waals surface area contributed by atoms with Crippen molar-refractivity contribution in [2.24, 2.45) is 0 Å². The highest BCUT2D eigenvalue weighted by Crippen LogP contribution is 2.20. The zero-order chi connectivity index (χ0) is 15.2. The van der Waals surface area contributed by atoms with E-state index in [0.717, 1.165) is 23.3 Å². The lowest BCUT2D eigenvalue weighted by Gasteiger charge is -2.06. The van der Waals surface area contributed by atoms with Gasteiger partial charge in [0.15, 0.2) is 5.78 Å². The van der Waals surface area contributed by atoms with Crippen LogP contribution in [0.15, 0.2) is 76.3 Å². The normalized spacial score (nSPS) is 15.3. The minimum atomic E-state index is 0.0808. The number of carbonyl (C=O) groups excluding carboxylic acids is 1. The molecule has 2 heteroatoms. The van der Waals surface area contributed by atoms with Gasteiger partial charge < -0.3 is 0 Å². The molecule has 0 fully saturated rings. The lowest BCUT2D eigenvalue weighted by molar-refractivity contribution is 0.103. The molecule has 1 aliphatic carbocycles. The van der Waals surface area contributed by atoms with Crippen LogP contribution in [0.3, 0.4) is 0 Å². The van der Waals surface area contributed by atoms with Crippen molar-refractivity contribution >= 4 is 18.4 Å². The van der Waals surface area contributed by atoms with Crippen molar-refractivity contribution < 1.29 is 4.79 Å². The summed E-state index contributed by atoms with van der Waals surface area (Å²) in [6.45, 7) is 3.99. The Kier molecular flexibility index (Phi) is 5.40. The number of ketones is 1. The lowest BCUT2D eigenvalue weighted by atomic mass is 9.99. The zero-order valence-corrected chi connectivity index (χ0v) is 13.4. The number of carbonyl (C=O) groups is 1. The van der Waals surface area contributed by atoms with Gasteiger partial charge in [-0.1, -0.05) is 30.4 Å². The predicted octanol–water partition coefficient (Wildman–Crippen LogP) is 5.33. The molecule has 1 aromatic carbocycles. The van der Waals surface area contributed by atoms with Crippen LogP contribution in [0.2, 0.25) is 0 Å². The van der Waals surface area contributed by atoms with Crippen LogP contribution < -0.4 is 0 Å². The fourth-order valence-electron chi connectivity index (χ4n) is 2.21. The Bertz CT molecular complexity index is 643. The Hall–Kier alpha value is -1.80. The van der Waals surface area contributed by atoms with E-state index in [9.17, 15) is 4.79 Å². The van der Waals surface area contributed by atoms with Crippen LogP contribution in [0.4, 0.5) is 0 Å². The van der Waals surface area contributed by atoms with Gasteiger partial charge >= 0.3 is 0 Å². The highest BCUT2D eigenvalue weighted by Gasteiger charge is 2.08. The van der Waals surface area contributed by atoms with Gasteiger partial charge in [0.05, 0.1) is 0 Å². The van der Waals surface area contributed by atoms with E-state index in [2.05, 4.69) is 43.9 Å². The summed E-state index contributed by atoms with van der Waals surface area (Å²) >= 11 is 4.24. The average Bonchev–Trinajstić information content (AvgIpc) is 2.69. The van der Waals surface area contributed by atoms with E-state index < -0.39 is 0 Å². The molecular formula is C19H20OS. The fraction of sp³-hybridized carbons (Fsp3) is 0.211. The molecule has 0 heterocycles.